The van der Waals surface area contributed by atoms with E-state index in [1.165, 1.54) is 38.5 Å². The summed E-state index contributed by atoms with van der Waals surface area (Å²) in [4.78, 5) is 52.1. The molecule has 4 N–H and O–H groups in total. The molecular formula is C29H30N4O6. The summed E-state index contributed by atoms with van der Waals surface area (Å²) in [6.45, 7) is 0.652. The van der Waals surface area contributed by atoms with E-state index in [4.69, 9.17) is 15.2 Å². The molecule has 0 saturated carbocycles. The maximum absolute atomic E-state index is 13.1. The van der Waals surface area contributed by atoms with Crippen molar-refractivity contribution in [3.05, 3.63) is 77.4 Å². The molecule has 0 radical (unpaired) electrons. The highest BCUT2D eigenvalue weighted by Gasteiger charge is 2.20. The summed E-state index contributed by atoms with van der Waals surface area (Å²) in [6.07, 6.45) is 3.35. The Hall–Kier alpha value is -4.86. The van der Waals surface area contributed by atoms with Crippen LogP contribution >= 0.6 is 0 Å². The Morgan fingerprint density at radius 3 is 2.08 bits per heavy atom. The number of nitrogens with two attached hydrogens (primary N) is 1. The molecule has 0 aliphatic carbocycles. The first-order valence-electron chi connectivity index (χ1n) is 12.5. The van der Waals surface area contributed by atoms with Crippen LogP contribution in [0.1, 0.15) is 56.8 Å². The molecule has 1 saturated heterocycles. The van der Waals surface area contributed by atoms with Gasteiger partial charge in [0.05, 0.1) is 25.6 Å². The first-order valence-corrected chi connectivity index (χ1v) is 12.5. The second kappa shape index (κ2) is 12.1. The first kappa shape index (κ1) is 27.2. The fraction of sp³-hybridized carbons (Fsp3) is 0.241. The summed E-state index contributed by atoms with van der Waals surface area (Å²) in [5.41, 5.74) is 7.42. The number of amides is 4. The predicted molar refractivity (Wildman–Crippen MR) is 148 cm³/mol. The SMILES string of the molecule is COc1ccc(C(=O)Nc2cc(C(N)=O)ccc2NC(=O)c2ccc(N3CCCCCC3=O)cc2)cc1OC. The van der Waals surface area contributed by atoms with E-state index < -0.39 is 17.7 Å². The van der Waals surface area contributed by atoms with E-state index in [0.717, 1.165) is 24.9 Å². The molecule has 0 atom stereocenters. The van der Waals surface area contributed by atoms with Gasteiger partial charge in [0.15, 0.2) is 11.5 Å². The lowest BCUT2D eigenvalue weighted by molar-refractivity contribution is -0.118. The van der Waals surface area contributed by atoms with Crippen LogP contribution in [-0.4, -0.2) is 44.4 Å². The minimum absolute atomic E-state index is 0.0779. The zero-order valence-electron chi connectivity index (χ0n) is 21.8. The molecule has 0 spiro atoms. The molecule has 10 nitrogen and oxygen atoms in total. The molecule has 202 valence electrons. The summed E-state index contributed by atoms with van der Waals surface area (Å²) < 4.78 is 10.5. The quantitative estimate of drug-likeness (QED) is 0.399. The summed E-state index contributed by atoms with van der Waals surface area (Å²) >= 11 is 0. The number of rotatable bonds is 8. The van der Waals surface area contributed by atoms with E-state index >= 15 is 0 Å². The molecule has 1 heterocycles. The lowest BCUT2D eigenvalue weighted by atomic mass is 10.1. The molecule has 0 unspecified atom stereocenters. The normalized spacial score (nSPS) is 13.3. The lowest BCUT2D eigenvalue weighted by Gasteiger charge is -2.21. The Balaban J connectivity index is 1.55. The number of anilines is 3. The molecule has 4 rings (SSSR count). The van der Waals surface area contributed by atoms with Crippen LogP contribution < -0.4 is 30.7 Å². The van der Waals surface area contributed by atoms with E-state index in [1.807, 2.05) is 0 Å². The van der Waals surface area contributed by atoms with Crippen molar-refractivity contribution < 1.29 is 28.7 Å². The van der Waals surface area contributed by atoms with Gasteiger partial charge in [-0.2, -0.15) is 0 Å². The maximum Gasteiger partial charge on any atom is 0.255 e. The second-order valence-corrected chi connectivity index (χ2v) is 9.01. The largest absolute Gasteiger partial charge is 0.493 e. The van der Waals surface area contributed by atoms with Crippen LogP contribution in [0.15, 0.2) is 60.7 Å². The van der Waals surface area contributed by atoms with Gasteiger partial charge in [-0.25, -0.2) is 0 Å². The van der Waals surface area contributed by atoms with Crippen LogP contribution in [0.3, 0.4) is 0 Å². The Labute approximate surface area is 226 Å². The molecule has 1 aliphatic rings. The third-order valence-electron chi connectivity index (χ3n) is 6.46. The number of benzene rings is 3. The molecule has 3 aromatic carbocycles. The molecule has 1 fully saturated rings. The van der Waals surface area contributed by atoms with Crippen molar-refractivity contribution in [3.63, 3.8) is 0 Å². The molecule has 0 bridgehead atoms. The molecule has 0 aromatic heterocycles. The van der Waals surface area contributed by atoms with Gasteiger partial charge in [0, 0.05) is 35.3 Å². The summed E-state index contributed by atoms with van der Waals surface area (Å²) in [6, 6.07) is 15.8. The van der Waals surface area contributed by atoms with Gasteiger partial charge in [-0.05, 0) is 73.5 Å². The summed E-state index contributed by atoms with van der Waals surface area (Å²) in [5.74, 6) is -0.710. The van der Waals surface area contributed by atoms with Crippen molar-refractivity contribution in [3.8, 4) is 11.5 Å². The minimum Gasteiger partial charge on any atom is -0.493 e. The maximum atomic E-state index is 13.1. The number of nitrogens with zero attached hydrogens (tertiary/aromatic N) is 1. The van der Waals surface area contributed by atoms with Crippen molar-refractivity contribution in [2.45, 2.75) is 25.7 Å². The van der Waals surface area contributed by atoms with Gasteiger partial charge in [0.1, 0.15) is 0 Å². The third kappa shape index (κ3) is 6.35. The second-order valence-electron chi connectivity index (χ2n) is 9.01. The van der Waals surface area contributed by atoms with Gasteiger partial charge < -0.3 is 30.7 Å². The highest BCUT2D eigenvalue weighted by molar-refractivity contribution is 6.11. The third-order valence-corrected chi connectivity index (χ3v) is 6.46. The topological polar surface area (TPSA) is 140 Å². The van der Waals surface area contributed by atoms with Gasteiger partial charge in [0.25, 0.3) is 11.8 Å². The van der Waals surface area contributed by atoms with Crippen LogP contribution in [0.4, 0.5) is 17.1 Å². The van der Waals surface area contributed by atoms with Gasteiger partial charge >= 0.3 is 0 Å². The highest BCUT2D eigenvalue weighted by atomic mass is 16.5. The monoisotopic (exact) mass is 530 g/mol. The van der Waals surface area contributed by atoms with Crippen molar-refractivity contribution in [2.75, 3.05) is 36.3 Å². The average molecular weight is 531 g/mol. The first-order chi connectivity index (χ1) is 18.8. The zero-order valence-corrected chi connectivity index (χ0v) is 21.8. The molecule has 39 heavy (non-hydrogen) atoms. The number of hydrogen-bond donors (Lipinski definition) is 3. The molecule has 1 aliphatic heterocycles. The summed E-state index contributed by atoms with van der Waals surface area (Å²) in [7, 11) is 2.95. The van der Waals surface area contributed by atoms with Gasteiger partial charge in [-0.1, -0.05) is 6.42 Å². The Morgan fingerprint density at radius 2 is 1.38 bits per heavy atom. The molecule has 4 amide bonds. The fourth-order valence-electron chi connectivity index (χ4n) is 4.32. The van der Waals surface area contributed by atoms with Gasteiger partial charge in [-0.15, -0.1) is 0 Å². The van der Waals surface area contributed by atoms with Crippen LogP contribution in [0.2, 0.25) is 0 Å². The van der Waals surface area contributed by atoms with Crippen molar-refractivity contribution in [1.82, 2.24) is 0 Å². The number of ether oxygens (including phenoxy) is 2. The van der Waals surface area contributed by atoms with Crippen LogP contribution in [0.25, 0.3) is 0 Å². The summed E-state index contributed by atoms with van der Waals surface area (Å²) in [5, 5.41) is 5.51. The van der Waals surface area contributed by atoms with Crippen LogP contribution in [0.5, 0.6) is 11.5 Å². The smallest absolute Gasteiger partial charge is 0.255 e. The Bertz CT molecular complexity index is 1400. The van der Waals surface area contributed by atoms with E-state index in [9.17, 15) is 19.2 Å². The van der Waals surface area contributed by atoms with Gasteiger partial charge in [-0.3, -0.25) is 19.2 Å². The highest BCUT2D eigenvalue weighted by Crippen LogP contribution is 2.30. The Kier molecular flexibility index (Phi) is 8.45. The number of nitrogens with one attached hydrogen (secondary N) is 2. The number of methoxy groups -OCH3 is 2. The number of hydrogen-bond acceptors (Lipinski definition) is 6. The van der Waals surface area contributed by atoms with Crippen LogP contribution in [-0.2, 0) is 4.79 Å². The lowest BCUT2D eigenvalue weighted by Crippen LogP contribution is -2.29. The van der Waals surface area contributed by atoms with E-state index in [0.29, 0.717) is 30.0 Å². The van der Waals surface area contributed by atoms with Crippen LogP contribution in [0, 0.1) is 0 Å². The minimum atomic E-state index is -0.687. The van der Waals surface area contributed by atoms with Gasteiger partial charge in [0.2, 0.25) is 11.8 Å². The number of carbonyl (C=O) groups is 4. The number of carbonyl (C=O) groups excluding carboxylic acids is 4. The Morgan fingerprint density at radius 1 is 0.744 bits per heavy atom. The van der Waals surface area contributed by atoms with Crippen molar-refractivity contribution >= 4 is 40.7 Å². The van der Waals surface area contributed by atoms with E-state index in [-0.39, 0.29) is 28.4 Å². The van der Waals surface area contributed by atoms with E-state index in [1.54, 1.807) is 41.3 Å². The molecule has 10 heteroatoms. The standard InChI is InChI=1S/C29H30N4O6/c1-38-24-14-10-20(17-25(24)39-2)29(37)32-23-16-19(27(30)35)9-13-22(23)31-28(36)18-7-11-21(12-8-18)33-15-5-3-4-6-26(33)34/h7-14,16-17H,3-6,15H2,1-2H3,(H2,30,35)(H,31,36)(H,32,37). The van der Waals surface area contributed by atoms with E-state index in [2.05, 4.69) is 10.6 Å². The fourth-order valence-corrected chi connectivity index (χ4v) is 4.32. The van der Waals surface area contributed by atoms with Crippen molar-refractivity contribution in [2.24, 2.45) is 5.73 Å². The number of primary amides is 1. The molecule has 3 aromatic rings. The zero-order chi connectivity index (χ0) is 27.9. The molecular weight excluding hydrogens is 500 g/mol. The van der Waals surface area contributed by atoms with Crippen molar-refractivity contribution in [1.29, 1.82) is 0 Å². The average Bonchev–Trinajstić information content (AvgIpc) is 3.17. The predicted octanol–water partition coefficient (Wildman–Crippen LogP) is 4.21.